The Hall–Kier alpha value is -3.10. The molecule has 0 aromatic rings. The molecule has 1 amide bonds. The summed E-state index contributed by atoms with van der Waals surface area (Å²) in [5.41, 5.74) is 0. The fourth-order valence-electron chi connectivity index (χ4n) is 7.31. The van der Waals surface area contributed by atoms with E-state index in [1.54, 1.807) is 6.08 Å². The van der Waals surface area contributed by atoms with E-state index in [-0.39, 0.29) is 19.1 Å². The van der Waals surface area contributed by atoms with Gasteiger partial charge >= 0.3 is 7.82 Å². The van der Waals surface area contributed by atoms with E-state index in [0.717, 1.165) is 89.9 Å². The molecule has 0 aromatic heterocycles. The van der Waals surface area contributed by atoms with E-state index in [1.807, 2.05) is 27.2 Å². The molecule has 0 saturated heterocycles. The van der Waals surface area contributed by atoms with E-state index < -0.39 is 20.0 Å². The Kier molecular flexibility index (Phi) is 48.6. The summed E-state index contributed by atoms with van der Waals surface area (Å²) in [4.78, 5) is 23.2. The molecule has 9 heteroatoms. The highest BCUT2D eigenvalue weighted by Crippen LogP contribution is 2.43. The molecule has 3 unspecified atom stereocenters. The lowest BCUT2D eigenvalue weighted by Gasteiger charge is -2.25. The Bertz CT molecular complexity index is 1550. The normalized spacial score (nSPS) is 14.9. The molecule has 70 heavy (non-hydrogen) atoms. The van der Waals surface area contributed by atoms with Crippen LogP contribution in [0, 0.1) is 0 Å². The van der Waals surface area contributed by atoms with Gasteiger partial charge in [0.1, 0.15) is 13.2 Å². The van der Waals surface area contributed by atoms with Gasteiger partial charge < -0.3 is 19.8 Å². The third kappa shape index (κ3) is 52.7. The highest BCUT2D eigenvalue weighted by Gasteiger charge is 2.27. The maximum Gasteiger partial charge on any atom is 0.472 e. The second-order valence-corrected chi connectivity index (χ2v) is 21.0. The van der Waals surface area contributed by atoms with Gasteiger partial charge in [-0.3, -0.25) is 13.8 Å². The molecule has 0 rings (SSSR count). The van der Waals surface area contributed by atoms with Crippen molar-refractivity contribution in [2.24, 2.45) is 0 Å². The number of nitrogens with zero attached hydrogens (tertiary/aromatic N) is 1. The second kappa shape index (κ2) is 50.8. The monoisotopic (exact) mass is 994 g/mol. The van der Waals surface area contributed by atoms with Crippen molar-refractivity contribution in [3.05, 3.63) is 122 Å². The third-order valence-corrected chi connectivity index (χ3v) is 12.6. The van der Waals surface area contributed by atoms with Crippen LogP contribution >= 0.6 is 7.82 Å². The van der Waals surface area contributed by atoms with Gasteiger partial charge in [0.15, 0.2) is 0 Å². The minimum Gasteiger partial charge on any atom is -0.387 e. The molecule has 3 atom stereocenters. The minimum atomic E-state index is -4.35. The van der Waals surface area contributed by atoms with Gasteiger partial charge in [-0.2, -0.15) is 0 Å². The van der Waals surface area contributed by atoms with Crippen LogP contribution in [0.2, 0.25) is 0 Å². The van der Waals surface area contributed by atoms with E-state index in [4.69, 9.17) is 9.05 Å². The van der Waals surface area contributed by atoms with E-state index in [2.05, 4.69) is 129 Å². The van der Waals surface area contributed by atoms with Gasteiger partial charge in [0, 0.05) is 6.42 Å². The summed E-state index contributed by atoms with van der Waals surface area (Å²) >= 11 is 0. The lowest BCUT2D eigenvalue weighted by molar-refractivity contribution is -0.870. The zero-order valence-corrected chi connectivity index (χ0v) is 46.4. The van der Waals surface area contributed by atoms with Gasteiger partial charge in [0.25, 0.3) is 0 Å². The van der Waals surface area contributed by atoms with Gasteiger partial charge in [-0.1, -0.05) is 225 Å². The number of quaternary nitrogens is 1. The average Bonchev–Trinajstić information content (AvgIpc) is 3.32. The summed E-state index contributed by atoms with van der Waals surface area (Å²) in [6.45, 7) is 4.63. The minimum absolute atomic E-state index is 0.0504. The summed E-state index contributed by atoms with van der Waals surface area (Å²) in [7, 11) is 1.54. The smallest absolute Gasteiger partial charge is 0.387 e. The number of hydrogen-bond donors (Lipinski definition) is 3. The number of amides is 1. The number of nitrogens with one attached hydrogen (secondary N) is 1. The quantitative estimate of drug-likeness (QED) is 0.0243. The van der Waals surface area contributed by atoms with E-state index in [0.29, 0.717) is 17.4 Å². The van der Waals surface area contributed by atoms with Crippen LogP contribution in [-0.2, 0) is 18.4 Å². The topological polar surface area (TPSA) is 105 Å². The van der Waals surface area contributed by atoms with Gasteiger partial charge in [0.2, 0.25) is 5.91 Å². The van der Waals surface area contributed by atoms with Crippen molar-refractivity contribution in [2.45, 2.75) is 219 Å². The number of rotatable bonds is 49. The van der Waals surface area contributed by atoms with E-state index in [1.165, 1.54) is 96.3 Å². The SMILES string of the molecule is CC/C=C\C/C=C\C/C=C\C/C=C\C/C=C\C/C=C\C/C=C\C/C=C\CCCCCCCCCCCCCCC(=O)NC(COP(=O)(O)OCC[N+](C)(C)C)C(O)/C=C/CC/C=C/CCCCCCC. The van der Waals surface area contributed by atoms with Gasteiger partial charge in [0.05, 0.1) is 39.9 Å². The number of carbonyl (C=O) groups is 1. The predicted molar refractivity (Wildman–Crippen MR) is 304 cm³/mol. The van der Waals surface area contributed by atoms with Crippen LogP contribution in [-0.4, -0.2) is 73.4 Å². The molecule has 0 bridgehead atoms. The van der Waals surface area contributed by atoms with Crippen LogP contribution in [0.3, 0.4) is 0 Å². The van der Waals surface area contributed by atoms with Crippen LogP contribution in [0.1, 0.15) is 206 Å². The molecule has 0 aliphatic rings. The maximum atomic E-state index is 12.9. The lowest BCUT2D eigenvalue weighted by atomic mass is 10.0. The molecule has 0 heterocycles. The first-order valence-electron chi connectivity index (χ1n) is 27.9. The van der Waals surface area contributed by atoms with Crippen molar-refractivity contribution >= 4 is 13.7 Å². The molecule has 8 nitrogen and oxygen atoms in total. The van der Waals surface area contributed by atoms with Crippen molar-refractivity contribution in [1.29, 1.82) is 0 Å². The maximum absolute atomic E-state index is 12.9. The van der Waals surface area contributed by atoms with Crippen LogP contribution in [0.4, 0.5) is 0 Å². The zero-order valence-electron chi connectivity index (χ0n) is 45.5. The summed E-state index contributed by atoms with van der Waals surface area (Å²) in [6, 6.07) is -0.870. The lowest BCUT2D eigenvalue weighted by Crippen LogP contribution is -2.45. The molecular formula is C61H106N2O6P+. The predicted octanol–water partition coefficient (Wildman–Crippen LogP) is 17.0. The largest absolute Gasteiger partial charge is 0.472 e. The fraction of sp³-hybridized carbons (Fsp3) is 0.656. The molecule has 0 aliphatic carbocycles. The Morgan fingerprint density at radius 1 is 0.500 bits per heavy atom. The summed E-state index contributed by atoms with van der Waals surface area (Å²) in [6.07, 6.45) is 76.0. The van der Waals surface area contributed by atoms with Crippen LogP contribution in [0.25, 0.3) is 0 Å². The summed E-state index contributed by atoms with van der Waals surface area (Å²) < 4.78 is 23.6. The van der Waals surface area contributed by atoms with Crippen molar-refractivity contribution < 1.29 is 32.9 Å². The first-order chi connectivity index (χ1) is 34.0. The Morgan fingerprint density at radius 2 is 0.871 bits per heavy atom. The molecule has 3 N–H and O–H groups in total. The fourth-order valence-corrected chi connectivity index (χ4v) is 8.04. The van der Waals surface area contributed by atoms with E-state index >= 15 is 0 Å². The van der Waals surface area contributed by atoms with E-state index in [9.17, 15) is 19.4 Å². The first-order valence-corrected chi connectivity index (χ1v) is 29.4. The molecule has 0 saturated carbocycles. The number of hydrogen-bond acceptors (Lipinski definition) is 5. The number of aliphatic hydroxyl groups excluding tert-OH is 1. The van der Waals surface area contributed by atoms with Crippen molar-refractivity contribution in [3.8, 4) is 0 Å². The van der Waals surface area contributed by atoms with Gasteiger partial charge in [-0.25, -0.2) is 4.57 Å². The highest BCUT2D eigenvalue weighted by atomic mass is 31.2. The van der Waals surface area contributed by atoms with Gasteiger partial charge in [-0.15, -0.1) is 0 Å². The molecule has 0 radical (unpaired) electrons. The van der Waals surface area contributed by atoms with Crippen molar-refractivity contribution in [3.63, 3.8) is 0 Å². The first kappa shape index (κ1) is 66.9. The van der Waals surface area contributed by atoms with Crippen molar-refractivity contribution in [2.75, 3.05) is 40.9 Å². The average molecular weight is 995 g/mol. The number of phosphoric ester groups is 1. The van der Waals surface area contributed by atoms with Gasteiger partial charge in [-0.05, 0) is 96.3 Å². The highest BCUT2D eigenvalue weighted by molar-refractivity contribution is 7.47. The molecule has 400 valence electrons. The van der Waals surface area contributed by atoms with Crippen LogP contribution in [0.15, 0.2) is 122 Å². The Balaban J connectivity index is 4.07. The summed E-state index contributed by atoms with van der Waals surface area (Å²) in [5, 5.41) is 13.8. The Labute approximate surface area is 431 Å². The molecule has 0 spiro atoms. The molecule has 0 fully saturated rings. The van der Waals surface area contributed by atoms with Crippen molar-refractivity contribution in [1.82, 2.24) is 5.32 Å². The number of carbonyl (C=O) groups excluding carboxylic acids is 1. The van der Waals surface area contributed by atoms with Crippen LogP contribution in [0.5, 0.6) is 0 Å². The number of aliphatic hydroxyl groups is 1. The number of phosphoric acid groups is 1. The molecule has 0 aliphatic heterocycles. The zero-order chi connectivity index (χ0) is 51.3. The molecule has 0 aromatic carbocycles. The number of likely N-dealkylation sites (N-methyl/N-ethyl adjacent to an activating group) is 1. The number of unbranched alkanes of at least 4 members (excludes halogenated alkanes) is 18. The van der Waals surface area contributed by atoms with Crippen LogP contribution < -0.4 is 5.32 Å². The Morgan fingerprint density at radius 3 is 1.31 bits per heavy atom. The molecular weight excluding hydrogens is 888 g/mol. The third-order valence-electron chi connectivity index (χ3n) is 11.7. The number of allylic oxidation sites excluding steroid dienone is 19. The second-order valence-electron chi connectivity index (χ2n) is 19.6. The summed E-state index contributed by atoms with van der Waals surface area (Å²) in [5.74, 6) is -0.196. The standard InChI is InChI=1S/C61H105N2O6P/c1-6-8-10-12-14-16-18-19-20-21-22-23-24-25-26-27-28-29-30-31-32-33-34-35-36-37-38-39-40-41-42-43-45-47-49-51-53-55-61(65)62-59(58-69-70(66,67)68-57-56-63(3,4)5)60(64)54-52-50-48-46-44-17-15-13-11-9-7-2/h8,10,14,16,19-20,22-23,25-26,28-29,31-32,34-35,44,46,52,54,59-60,64H,6-7,9,11-13,15,17-18,21,24,27,30,33,36-43,45,47-51,53,55-58H2,1-5H3,(H-,62,65,66,67)/p+1/b10-8-,16-14-,20-19-,23-22-,26-25-,29-28-,32-31-,35-34-,46-44+,54-52+.